The van der Waals surface area contributed by atoms with E-state index in [2.05, 4.69) is 10.3 Å². The second kappa shape index (κ2) is 7.42. The zero-order valence-corrected chi connectivity index (χ0v) is 13.2. The molecule has 2 aromatic carbocycles. The number of pyridine rings is 1. The zero-order valence-electron chi connectivity index (χ0n) is 13.2. The molecule has 0 bridgehead atoms. The SMILES string of the molecule is O=C(NCCc1ccccc1)c1c[nH]c(=O)c(-c2ccccc2)c1. The van der Waals surface area contributed by atoms with Crippen LogP contribution in [0.1, 0.15) is 15.9 Å². The van der Waals surface area contributed by atoms with E-state index in [4.69, 9.17) is 0 Å². The number of hydrogen-bond acceptors (Lipinski definition) is 2. The van der Waals surface area contributed by atoms with Crippen molar-refractivity contribution in [3.05, 3.63) is 94.4 Å². The first kappa shape index (κ1) is 15.7. The molecule has 2 N–H and O–H groups in total. The topological polar surface area (TPSA) is 62.0 Å². The molecule has 1 heterocycles. The molecule has 0 radical (unpaired) electrons. The minimum atomic E-state index is -0.206. The fourth-order valence-electron chi connectivity index (χ4n) is 2.51. The lowest BCUT2D eigenvalue weighted by Crippen LogP contribution is -2.26. The Bertz CT molecular complexity index is 871. The third-order valence-electron chi connectivity index (χ3n) is 3.79. The third-order valence-corrected chi connectivity index (χ3v) is 3.79. The summed E-state index contributed by atoms with van der Waals surface area (Å²) in [7, 11) is 0. The Morgan fingerprint density at radius 1 is 0.958 bits per heavy atom. The molecule has 3 rings (SSSR count). The third kappa shape index (κ3) is 3.79. The van der Waals surface area contributed by atoms with E-state index in [9.17, 15) is 9.59 Å². The first-order valence-corrected chi connectivity index (χ1v) is 7.84. The maximum atomic E-state index is 12.3. The molecule has 0 fully saturated rings. The quantitative estimate of drug-likeness (QED) is 0.759. The molecular formula is C20H18N2O2. The number of nitrogens with one attached hydrogen (secondary N) is 2. The molecule has 0 atom stereocenters. The molecule has 0 aliphatic carbocycles. The largest absolute Gasteiger partial charge is 0.352 e. The van der Waals surface area contributed by atoms with Crippen LogP contribution in [0.15, 0.2) is 77.7 Å². The number of hydrogen-bond donors (Lipinski definition) is 2. The summed E-state index contributed by atoms with van der Waals surface area (Å²) in [5.41, 5.74) is 2.69. The van der Waals surface area contributed by atoms with Crippen molar-refractivity contribution in [1.82, 2.24) is 10.3 Å². The fraction of sp³-hybridized carbons (Fsp3) is 0.100. The van der Waals surface area contributed by atoms with Crippen LogP contribution in [-0.4, -0.2) is 17.4 Å². The van der Waals surface area contributed by atoms with Crippen molar-refractivity contribution in [3.63, 3.8) is 0 Å². The standard InChI is InChI=1S/C20H18N2O2/c23-19(21-12-11-15-7-3-1-4-8-15)17-13-18(20(24)22-14-17)16-9-5-2-6-10-16/h1-10,13-14H,11-12H2,(H,21,23)(H,22,24). The zero-order chi connectivity index (χ0) is 16.8. The lowest BCUT2D eigenvalue weighted by molar-refractivity contribution is 0.0954. The molecule has 0 unspecified atom stereocenters. The smallest absolute Gasteiger partial charge is 0.255 e. The van der Waals surface area contributed by atoms with Gasteiger partial charge in [-0.3, -0.25) is 9.59 Å². The monoisotopic (exact) mass is 318 g/mol. The first-order chi connectivity index (χ1) is 11.7. The van der Waals surface area contributed by atoms with Crippen molar-refractivity contribution < 1.29 is 4.79 Å². The van der Waals surface area contributed by atoms with Crippen LogP contribution in [0.25, 0.3) is 11.1 Å². The molecule has 0 saturated heterocycles. The van der Waals surface area contributed by atoms with Crippen LogP contribution in [0.3, 0.4) is 0 Å². The lowest BCUT2D eigenvalue weighted by Gasteiger charge is -2.07. The van der Waals surface area contributed by atoms with Gasteiger partial charge in [0.05, 0.1) is 5.56 Å². The highest BCUT2D eigenvalue weighted by Crippen LogP contribution is 2.15. The van der Waals surface area contributed by atoms with E-state index in [0.717, 1.165) is 12.0 Å². The average Bonchev–Trinajstić information content (AvgIpc) is 2.63. The van der Waals surface area contributed by atoms with E-state index in [1.807, 2.05) is 60.7 Å². The number of H-pyrrole nitrogens is 1. The number of rotatable bonds is 5. The van der Waals surface area contributed by atoms with Crippen molar-refractivity contribution in [2.24, 2.45) is 0 Å². The van der Waals surface area contributed by atoms with Gasteiger partial charge < -0.3 is 10.3 Å². The number of carbonyl (C=O) groups is 1. The van der Waals surface area contributed by atoms with Crippen molar-refractivity contribution in [3.8, 4) is 11.1 Å². The molecule has 1 amide bonds. The van der Waals surface area contributed by atoms with E-state index < -0.39 is 0 Å². The number of aromatic amines is 1. The molecule has 0 saturated carbocycles. The van der Waals surface area contributed by atoms with Gasteiger partial charge >= 0.3 is 0 Å². The molecule has 120 valence electrons. The predicted octanol–water partition coefficient (Wildman–Crippen LogP) is 3.01. The highest BCUT2D eigenvalue weighted by Gasteiger charge is 2.10. The Balaban J connectivity index is 1.70. The van der Waals surface area contributed by atoms with Gasteiger partial charge in [-0.05, 0) is 23.6 Å². The Labute approximate surface area is 140 Å². The molecule has 0 spiro atoms. The Morgan fingerprint density at radius 2 is 1.62 bits per heavy atom. The average molecular weight is 318 g/mol. The highest BCUT2D eigenvalue weighted by atomic mass is 16.1. The molecule has 0 aliphatic heterocycles. The predicted molar refractivity (Wildman–Crippen MR) is 95.0 cm³/mol. The van der Waals surface area contributed by atoms with Crippen LogP contribution in [0.4, 0.5) is 0 Å². The van der Waals surface area contributed by atoms with Crippen molar-refractivity contribution >= 4 is 5.91 Å². The number of amides is 1. The van der Waals surface area contributed by atoms with E-state index >= 15 is 0 Å². The fourth-order valence-corrected chi connectivity index (χ4v) is 2.51. The summed E-state index contributed by atoms with van der Waals surface area (Å²) < 4.78 is 0. The first-order valence-electron chi connectivity index (χ1n) is 7.84. The Morgan fingerprint density at radius 3 is 2.33 bits per heavy atom. The van der Waals surface area contributed by atoms with E-state index in [1.54, 1.807) is 6.07 Å². The second-order valence-electron chi connectivity index (χ2n) is 5.49. The number of aromatic nitrogens is 1. The maximum Gasteiger partial charge on any atom is 0.255 e. The normalized spacial score (nSPS) is 10.3. The highest BCUT2D eigenvalue weighted by molar-refractivity contribution is 5.95. The summed E-state index contributed by atoms with van der Waals surface area (Å²) in [5.74, 6) is -0.195. The van der Waals surface area contributed by atoms with Crippen LogP contribution >= 0.6 is 0 Å². The Hall–Kier alpha value is -3.14. The maximum absolute atomic E-state index is 12.3. The van der Waals surface area contributed by atoms with Gasteiger partial charge in [0.25, 0.3) is 11.5 Å². The summed E-state index contributed by atoms with van der Waals surface area (Å²) in [4.78, 5) is 26.9. The van der Waals surface area contributed by atoms with E-state index in [1.165, 1.54) is 11.8 Å². The van der Waals surface area contributed by atoms with E-state index in [-0.39, 0.29) is 11.5 Å². The van der Waals surface area contributed by atoms with Gasteiger partial charge in [-0.2, -0.15) is 0 Å². The van der Waals surface area contributed by atoms with Crippen LogP contribution < -0.4 is 10.9 Å². The molecule has 3 aromatic rings. The van der Waals surface area contributed by atoms with Gasteiger partial charge in [-0.25, -0.2) is 0 Å². The summed E-state index contributed by atoms with van der Waals surface area (Å²) in [6.07, 6.45) is 2.22. The molecular weight excluding hydrogens is 300 g/mol. The van der Waals surface area contributed by atoms with Crippen LogP contribution in [-0.2, 0) is 6.42 Å². The molecule has 4 nitrogen and oxygen atoms in total. The van der Waals surface area contributed by atoms with Gasteiger partial charge in [0.2, 0.25) is 0 Å². The summed E-state index contributed by atoms with van der Waals surface area (Å²) in [5, 5.41) is 2.88. The van der Waals surface area contributed by atoms with Gasteiger partial charge in [0, 0.05) is 18.3 Å². The van der Waals surface area contributed by atoms with Crippen LogP contribution in [0.5, 0.6) is 0 Å². The summed E-state index contributed by atoms with van der Waals surface area (Å²) >= 11 is 0. The molecule has 24 heavy (non-hydrogen) atoms. The molecule has 4 heteroatoms. The lowest BCUT2D eigenvalue weighted by atomic mass is 10.1. The number of benzene rings is 2. The number of carbonyl (C=O) groups excluding carboxylic acids is 1. The van der Waals surface area contributed by atoms with Gasteiger partial charge in [-0.1, -0.05) is 60.7 Å². The Kier molecular flexibility index (Phi) is 4.87. The van der Waals surface area contributed by atoms with Crippen LogP contribution in [0, 0.1) is 0 Å². The van der Waals surface area contributed by atoms with Crippen molar-refractivity contribution in [2.45, 2.75) is 6.42 Å². The van der Waals surface area contributed by atoms with E-state index in [0.29, 0.717) is 17.7 Å². The summed E-state index contributed by atoms with van der Waals surface area (Å²) in [6, 6.07) is 20.9. The second-order valence-corrected chi connectivity index (χ2v) is 5.49. The van der Waals surface area contributed by atoms with Gasteiger partial charge in [0.15, 0.2) is 0 Å². The van der Waals surface area contributed by atoms with Crippen molar-refractivity contribution in [2.75, 3.05) is 6.54 Å². The molecule has 1 aromatic heterocycles. The molecule has 0 aliphatic rings. The van der Waals surface area contributed by atoms with Crippen molar-refractivity contribution in [1.29, 1.82) is 0 Å². The van der Waals surface area contributed by atoms with Crippen LogP contribution in [0.2, 0.25) is 0 Å². The van der Waals surface area contributed by atoms with Gasteiger partial charge in [-0.15, -0.1) is 0 Å². The minimum absolute atomic E-state index is 0.195. The minimum Gasteiger partial charge on any atom is -0.352 e. The van der Waals surface area contributed by atoms with Gasteiger partial charge in [0.1, 0.15) is 0 Å². The summed E-state index contributed by atoms with van der Waals surface area (Å²) in [6.45, 7) is 0.544.